The minimum atomic E-state index is -0.389. The van der Waals surface area contributed by atoms with Crippen molar-refractivity contribution < 1.29 is 9.13 Å². The average Bonchev–Trinajstić information content (AvgIpc) is 2.40. The molecule has 0 saturated heterocycles. The highest BCUT2D eigenvalue weighted by atomic mass is 35.5. The fourth-order valence-electron chi connectivity index (χ4n) is 2.09. The second-order valence-corrected chi connectivity index (χ2v) is 5.43. The SMILES string of the molecule is Cc1ccc(C(C)C)c(Oc2c(F)cccc2CCl)c1. The number of halogens is 2. The van der Waals surface area contributed by atoms with E-state index in [1.165, 1.54) is 6.07 Å². The Morgan fingerprint density at radius 1 is 1.20 bits per heavy atom. The maximum atomic E-state index is 14.0. The number of ether oxygens (including phenoxy) is 1. The van der Waals surface area contributed by atoms with Crippen LogP contribution in [-0.4, -0.2) is 0 Å². The number of benzene rings is 2. The molecule has 2 aromatic rings. The molecule has 0 aliphatic carbocycles. The fraction of sp³-hybridized carbons (Fsp3) is 0.294. The van der Waals surface area contributed by atoms with Crippen LogP contribution in [-0.2, 0) is 5.88 Å². The molecule has 0 aliphatic heterocycles. The van der Waals surface area contributed by atoms with Gasteiger partial charge in [0.05, 0.1) is 5.88 Å². The molecule has 0 aromatic heterocycles. The predicted octanol–water partition coefficient (Wildman–Crippen LogP) is 5.79. The molecule has 0 bridgehead atoms. The minimum Gasteiger partial charge on any atom is -0.454 e. The van der Waals surface area contributed by atoms with Crippen LogP contribution in [0, 0.1) is 12.7 Å². The number of alkyl halides is 1. The summed E-state index contributed by atoms with van der Waals surface area (Å²) in [5.41, 5.74) is 2.79. The highest BCUT2D eigenvalue weighted by molar-refractivity contribution is 6.17. The van der Waals surface area contributed by atoms with E-state index in [2.05, 4.69) is 13.8 Å². The van der Waals surface area contributed by atoms with Crippen molar-refractivity contribution in [1.82, 2.24) is 0 Å². The summed E-state index contributed by atoms with van der Waals surface area (Å²) < 4.78 is 19.8. The van der Waals surface area contributed by atoms with Gasteiger partial charge in [-0.05, 0) is 36.1 Å². The Balaban J connectivity index is 2.47. The number of hydrogen-bond acceptors (Lipinski definition) is 1. The quantitative estimate of drug-likeness (QED) is 0.648. The van der Waals surface area contributed by atoms with Gasteiger partial charge in [-0.2, -0.15) is 0 Å². The summed E-state index contributed by atoms with van der Waals surface area (Å²) in [6, 6.07) is 10.8. The van der Waals surface area contributed by atoms with Crippen LogP contribution in [0.4, 0.5) is 4.39 Å². The monoisotopic (exact) mass is 292 g/mol. The van der Waals surface area contributed by atoms with Gasteiger partial charge in [-0.25, -0.2) is 4.39 Å². The third-order valence-electron chi connectivity index (χ3n) is 3.20. The van der Waals surface area contributed by atoms with Gasteiger partial charge in [-0.1, -0.05) is 38.1 Å². The molecule has 2 aromatic carbocycles. The first-order valence-corrected chi connectivity index (χ1v) is 7.18. The summed E-state index contributed by atoms with van der Waals surface area (Å²) in [7, 11) is 0. The Kier molecular flexibility index (Phi) is 4.66. The molecule has 0 amide bonds. The minimum absolute atomic E-state index is 0.218. The van der Waals surface area contributed by atoms with Gasteiger partial charge in [-0.3, -0.25) is 0 Å². The molecule has 0 radical (unpaired) electrons. The molecule has 0 N–H and O–H groups in total. The first kappa shape index (κ1) is 14.9. The van der Waals surface area contributed by atoms with Crippen LogP contribution in [0.3, 0.4) is 0 Å². The Hall–Kier alpha value is -1.54. The zero-order valence-corrected chi connectivity index (χ0v) is 12.7. The Morgan fingerprint density at radius 2 is 1.95 bits per heavy atom. The number of hydrogen-bond donors (Lipinski definition) is 0. The molecule has 0 aliphatic rings. The molecule has 0 unspecified atom stereocenters. The van der Waals surface area contributed by atoms with Crippen molar-refractivity contribution in [3.8, 4) is 11.5 Å². The van der Waals surface area contributed by atoms with E-state index in [1.54, 1.807) is 12.1 Å². The van der Waals surface area contributed by atoms with Gasteiger partial charge in [0, 0.05) is 5.56 Å². The van der Waals surface area contributed by atoms with Gasteiger partial charge in [-0.15, -0.1) is 11.6 Å². The van der Waals surface area contributed by atoms with Crippen LogP contribution in [0.15, 0.2) is 36.4 Å². The second-order valence-electron chi connectivity index (χ2n) is 5.16. The van der Waals surface area contributed by atoms with Crippen molar-refractivity contribution in [1.29, 1.82) is 0 Å². The lowest BCUT2D eigenvalue weighted by atomic mass is 10.0. The van der Waals surface area contributed by atoms with Crippen molar-refractivity contribution in [3.05, 3.63) is 58.9 Å². The van der Waals surface area contributed by atoms with Gasteiger partial charge < -0.3 is 4.74 Å². The van der Waals surface area contributed by atoms with Crippen molar-refractivity contribution >= 4 is 11.6 Å². The van der Waals surface area contributed by atoms with Crippen molar-refractivity contribution in [2.75, 3.05) is 0 Å². The van der Waals surface area contributed by atoms with Crippen LogP contribution < -0.4 is 4.74 Å². The molecule has 1 nitrogen and oxygen atoms in total. The highest BCUT2D eigenvalue weighted by Crippen LogP contribution is 2.34. The summed E-state index contributed by atoms with van der Waals surface area (Å²) in [6.07, 6.45) is 0. The van der Waals surface area contributed by atoms with E-state index in [0.717, 1.165) is 11.1 Å². The third-order valence-corrected chi connectivity index (χ3v) is 3.48. The summed E-state index contributed by atoms with van der Waals surface area (Å²) in [6.45, 7) is 6.16. The molecular weight excluding hydrogens is 275 g/mol. The summed E-state index contributed by atoms with van der Waals surface area (Å²) in [4.78, 5) is 0. The van der Waals surface area contributed by atoms with Crippen molar-refractivity contribution in [2.45, 2.75) is 32.6 Å². The van der Waals surface area contributed by atoms with E-state index >= 15 is 0 Å². The first-order valence-electron chi connectivity index (χ1n) is 6.64. The second kappa shape index (κ2) is 6.27. The van der Waals surface area contributed by atoms with E-state index in [-0.39, 0.29) is 17.4 Å². The lowest BCUT2D eigenvalue weighted by Crippen LogP contribution is -1.98. The zero-order chi connectivity index (χ0) is 14.7. The summed E-state index contributed by atoms with van der Waals surface area (Å²) >= 11 is 5.86. The molecular formula is C17H18ClFO. The van der Waals surface area contributed by atoms with E-state index in [4.69, 9.17) is 16.3 Å². The standard InChI is InChI=1S/C17H18ClFO/c1-11(2)14-8-7-12(3)9-16(14)20-17-13(10-18)5-4-6-15(17)19/h4-9,11H,10H2,1-3H3. The van der Waals surface area contributed by atoms with Crippen LogP contribution in [0.2, 0.25) is 0 Å². The van der Waals surface area contributed by atoms with Crippen LogP contribution >= 0.6 is 11.6 Å². The molecule has 106 valence electrons. The smallest absolute Gasteiger partial charge is 0.167 e. The van der Waals surface area contributed by atoms with Crippen LogP contribution in [0.25, 0.3) is 0 Å². The highest BCUT2D eigenvalue weighted by Gasteiger charge is 2.14. The van der Waals surface area contributed by atoms with Gasteiger partial charge in [0.2, 0.25) is 0 Å². The molecule has 20 heavy (non-hydrogen) atoms. The van der Waals surface area contributed by atoms with Gasteiger partial charge in [0.15, 0.2) is 11.6 Å². The third kappa shape index (κ3) is 3.13. The van der Waals surface area contributed by atoms with Crippen LogP contribution in [0.1, 0.15) is 36.5 Å². The van der Waals surface area contributed by atoms with E-state index < -0.39 is 0 Å². The van der Waals surface area contributed by atoms with Crippen molar-refractivity contribution in [2.24, 2.45) is 0 Å². The largest absolute Gasteiger partial charge is 0.454 e. The normalized spacial score (nSPS) is 10.9. The molecule has 0 spiro atoms. The zero-order valence-electron chi connectivity index (χ0n) is 11.9. The van der Waals surface area contributed by atoms with Gasteiger partial charge in [0.25, 0.3) is 0 Å². The molecule has 0 fully saturated rings. The first-order chi connectivity index (χ1) is 9.52. The maximum absolute atomic E-state index is 14.0. The van der Waals surface area contributed by atoms with Gasteiger partial charge >= 0.3 is 0 Å². The van der Waals surface area contributed by atoms with E-state index in [1.807, 2.05) is 25.1 Å². The molecule has 0 atom stereocenters. The van der Waals surface area contributed by atoms with E-state index in [9.17, 15) is 4.39 Å². The molecule has 0 heterocycles. The lowest BCUT2D eigenvalue weighted by Gasteiger charge is -2.16. The lowest BCUT2D eigenvalue weighted by molar-refractivity contribution is 0.431. The molecule has 2 rings (SSSR count). The summed E-state index contributed by atoms with van der Waals surface area (Å²) in [5.74, 6) is 1.04. The van der Waals surface area contributed by atoms with Crippen LogP contribution in [0.5, 0.6) is 11.5 Å². The maximum Gasteiger partial charge on any atom is 0.167 e. The van der Waals surface area contributed by atoms with Gasteiger partial charge in [0.1, 0.15) is 5.75 Å². The predicted molar refractivity (Wildman–Crippen MR) is 81.3 cm³/mol. The fourth-order valence-corrected chi connectivity index (χ4v) is 2.30. The summed E-state index contributed by atoms with van der Waals surface area (Å²) in [5, 5.41) is 0. The Labute approximate surface area is 124 Å². The van der Waals surface area contributed by atoms with E-state index in [0.29, 0.717) is 17.2 Å². The number of rotatable bonds is 4. The number of aryl methyl sites for hydroxylation is 1. The number of para-hydroxylation sites is 1. The average molecular weight is 293 g/mol. The topological polar surface area (TPSA) is 9.23 Å². The van der Waals surface area contributed by atoms with Crippen molar-refractivity contribution in [3.63, 3.8) is 0 Å². The Bertz CT molecular complexity index is 608. The molecule has 3 heteroatoms. The molecule has 0 saturated carbocycles. The Morgan fingerprint density at radius 3 is 2.60 bits per heavy atom.